The number of hydrogen-bond acceptors (Lipinski definition) is 3. The third-order valence-electron chi connectivity index (χ3n) is 4.86. The molecule has 1 N–H and O–H groups in total. The van der Waals surface area contributed by atoms with Crippen LogP contribution in [0.3, 0.4) is 0 Å². The Balaban J connectivity index is 1.75. The summed E-state index contributed by atoms with van der Waals surface area (Å²) in [5.74, 6) is 0.0740. The molecule has 2 aromatic carbocycles. The highest BCUT2D eigenvalue weighted by atomic mass is 32.2. The Bertz CT molecular complexity index is 1030. The van der Waals surface area contributed by atoms with Crippen LogP contribution in [0.25, 0.3) is 5.57 Å². The summed E-state index contributed by atoms with van der Waals surface area (Å²) in [4.78, 5) is 0. The molecular formula is C20H18FNO3S. The van der Waals surface area contributed by atoms with Gasteiger partial charge < -0.3 is 4.18 Å². The zero-order valence-corrected chi connectivity index (χ0v) is 15.0. The minimum absolute atomic E-state index is 0.140. The molecule has 1 aliphatic carbocycles. The van der Waals surface area contributed by atoms with Crippen LogP contribution in [0.2, 0.25) is 0 Å². The molecule has 1 aliphatic heterocycles. The van der Waals surface area contributed by atoms with Gasteiger partial charge in [-0.3, -0.25) is 0 Å². The second-order valence-corrected chi connectivity index (χ2v) is 8.13. The molecule has 26 heavy (non-hydrogen) atoms. The van der Waals surface area contributed by atoms with E-state index in [9.17, 15) is 12.8 Å². The molecule has 1 unspecified atom stereocenters. The first-order valence-electron chi connectivity index (χ1n) is 8.33. The molecule has 0 radical (unpaired) electrons. The van der Waals surface area contributed by atoms with Gasteiger partial charge in [0.1, 0.15) is 5.83 Å². The molecule has 0 amide bonds. The van der Waals surface area contributed by atoms with E-state index < -0.39 is 15.7 Å². The summed E-state index contributed by atoms with van der Waals surface area (Å²) >= 11 is 0. The van der Waals surface area contributed by atoms with Crippen molar-refractivity contribution in [3.05, 3.63) is 83.2 Å². The molecule has 0 saturated carbocycles. The van der Waals surface area contributed by atoms with Gasteiger partial charge in [0.15, 0.2) is 5.75 Å². The Morgan fingerprint density at radius 2 is 1.88 bits per heavy atom. The van der Waals surface area contributed by atoms with Crippen LogP contribution in [0.4, 0.5) is 4.39 Å². The number of rotatable bonds is 2. The molecule has 1 atom stereocenters. The molecule has 0 spiro atoms. The standard InChI is InChI=1S/C20H18FNO3S/c1-20(11-10-16(18(21)12-20)14-6-3-2-4-7-14)17-9-5-8-15-13-22-26(23,24)25-19(15)17/h2-11,22H,12-13H2,1H3. The third kappa shape index (κ3) is 2.95. The van der Waals surface area contributed by atoms with Crippen LogP contribution in [-0.2, 0) is 22.3 Å². The van der Waals surface area contributed by atoms with Crippen LogP contribution in [0.15, 0.2) is 66.5 Å². The molecule has 2 aliphatic rings. The van der Waals surface area contributed by atoms with Crippen LogP contribution in [0, 0.1) is 0 Å². The van der Waals surface area contributed by atoms with Crippen molar-refractivity contribution >= 4 is 15.9 Å². The van der Waals surface area contributed by atoms with Gasteiger partial charge in [0.25, 0.3) is 0 Å². The fraction of sp³-hybridized carbons (Fsp3) is 0.200. The number of benzene rings is 2. The summed E-state index contributed by atoms with van der Waals surface area (Å²) in [7, 11) is -3.83. The molecule has 0 bridgehead atoms. The molecule has 4 rings (SSSR count). The van der Waals surface area contributed by atoms with Gasteiger partial charge in [0.2, 0.25) is 0 Å². The van der Waals surface area contributed by atoms with E-state index in [1.807, 2.05) is 49.4 Å². The van der Waals surface area contributed by atoms with Gasteiger partial charge in [-0.15, -0.1) is 0 Å². The van der Waals surface area contributed by atoms with E-state index in [-0.39, 0.29) is 18.8 Å². The van der Waals surface area contributed by atoms with Crippen LogP contribution in [0.1, 0.15) is 30.0 Å². The second kappa shape index (κ2) is 6.07. The van der Waals surface area contributed by atoms with Crippen molar-refractivity contribution in [2.75, 3.05) is 0 Å². The number of fused-ring (bicyclic) bond motifs is 1. The molecule has 2 aromatic rings. The van der Waals surface area contributed by atoms with E-state index in [0.717, 1.165) is 11.1 Å². The zero-order valence-electron chi connectivity index (χ0n) is 14.2. The number of nitrogens with one attached hydrogen (secondary N) is 1. The topological polar surface area (TPSA) is 55.4 Å². The van der Waals surface area contributed by atoms with Crippen molar-refractivity contribution in [3.63, 3.8) is 0 Å². The van der Waals surface area contributed by atoms with Gasteiger partial charge >= 0.3 is 10.3 Å². The molecule has 0 aromatic heterocycles. The van der Waals surface area contributed by atoms with Crippen molar-refractivity contribution in [3.8, 4) is 5.75 Å². The predicted molar refractivity (Wildman–Crippen MR) is 98.4 cm³/mol. The lowest BCUT2D eigenvalue weighted by Crippen LogP contribution is -2.34. The fourth-order valence-electron chi connectivity index (χ4n) is 3.47. The predicted octanol–water partition coefficient (Wildman–Crippen LogP) is 4.01. The highest BCUT2D eigenvalue weighted by Crippen LogP contribution is 2.45. The summed E-state index contributed by atoms with van der Waals surface area (Å²) in [6.45, 7) is 2.05. The minimum Gasteiger partial charge on any atom is -0.370 e. The lowest BCUT2D eigenvalue weighted by Gasteiger charge is -2.33. The van der Waals surface area contributed by atoms with E-state index >= 15 is 0 Å². The van der Waals surface area contributed by atoms with Crippen molar-refractivity contribution in [1.82, 2.24) is 4.72 Å². The van der Waals surface area contributed by atoms with E-state index in [0.29, 0.717) is 16.9 Å². The summed E-state index contributed by atoms with van der Waals surface area (Å²) in [6, 6.07) is 14.8. The highest BCUT2D eigenvalue weighted by molar-refractivity contribution is 7.85. The molecule has 0 saturated heterocycles. The Morgan fingerprint density at radius 3 is 2.62 bits per heavy atom. The maximum Gasteiger partial charge on any atom is 0.382 e. The van der Waals surface area contributed by atoms with Crippen LogP contribution in [0.5, 0.6) is 5.75 Å². The zero-order chi connectivity index (χ0) is 18.4. The largest absolute Gasteiger partial charge is 0.382 e. The first kappa shape index (κ1) is 17.0. The minimum atomic E-state index is -3.83. The molecule has 6 heteroatoms. The van der Waals surface area contributed by atoms with E-state index in [1.165, 1.54) is 0 Å². The van der Waals surface area contributed by atoms with Gasteiger partial charge in [-0.25, -0.2) is 4.39 Å². The highest BCUT2D eigenvalue weighted by Gasteiger charge is 2.36. The molecule has 4 nitrogen and oxygen atoms in total. The first-order valence-corrected chi connectivity index (χ1v) is 9.74. The lowest BCUT2D eigenvalue weighted by molar-refractivity contribution is 0.432. The van der Waals surface area contributed by atoms with Crippen molar-refractivity contribution < 1.29 is 17.0 Å². The van der Waals surface area contributed by atoms with Crippen molar-refractivity contribution in [2.24, 2.45) is 0 Å². The Hall–Kier alpha value is -2.44. The Kier molecular flexibility index (Phi) is 3.97. The maximum absolute atomic E-state index is 15.0. The second-order valence-electron chi connectivity index (χ2n) is 6.76. The van der Waals surface area contributed by atoms with Gasteiger partial charge in [-0.2, -0.15) is 13.1 Å². The van der Waals surface area contributed by atoms with E-state index in [2.05, 4.69) is 4.72 Å². The van der Waals surface area contributed by atoms with E-state index in [4.69, 9.17) is 4.18 Å². The van der Waals surface area contributed by atoms with Crippen molar-refractivity contribution in [1.29, 1.82) is 0 Å². The average molecular weight is 371 g/mol. The van der Waals surface area contributed by atoms with Gasteiger partial charge in [-0.05, 0) is 5.56 Å². The van der Waals surface area contributed by atoms with Crippen LogP contribution < -0.4 is 8.91 Å². The monoisotopic (exact) mass is 371 g/mol. The lowest BCUT2D eigenvalue weighted by atomic mass is 9.74. The van der Waals surface area contributed by atoms with Crippen molar-refractivity contribution in [2.45, 2.75) is 25.3 Å². The van der Waals surface area contributed by atoms with Gasteiger partial charge in [0.05, 0.1) is 0 Å². The maximum atomic E-state index is 15.0. The number of halogens is 1. The van der Waals surface area contributed by atoms with Gasteiger partial charge in [-0.1, -0.05) is 67.6 Å². The third-order valence-corrected chi connectivity index (χ3v) is 5.75. The summed E-state index contributed by atoms with van der Waals surface area (Å²) in [5, 5.41) is 0. The molecule has 1 heterocycles. The summed E-state index contributed by atoms with van der Waals surface area (Å²) in [6.07, 6.45) is 3.83. The molecule has 0 fully saturated rings. The normalized spacial score (nSPS) is 24.1. The number of para-hydroxylation sites is 1. The smallest absolute Gasteiger partial charge is 0.370 e. The molecule has 134 valence electrons. The van der Waals surface area contributed by atoms with Gasteiger partial charge in [0, 0.05) is 35.1 Å². The van der Waals surface area contributed by atoms with Crippen LogP contribution >= 0.6 is 0 Å². The quantitative estimate of drug-likeness (QED) is 0.868. The SMILES string of the molecule is CC1(c2cccc3c2OS(=O)(=O)NC3)C=CC(c2ccccc2)=C(F)C1. The fourth-order valence-corrected chi connectivity index (χ4v) is 4.27. The summed E-state index contributed by atoms with van der Waals surface area (Å²) in [5.41, 5.74) is 2.09. The Morgan fingerprint density at radius 1 is 1.12 bits per heavy atom. The first-order chi connectivity index (χ1) is 12.4. The summed E-state index contributed by atoms with van der Waals surface area (Å²) < 4.78 is 46.1. The van der Waals surface area contributed by atoms with E-state index in [1.54, 1.807) is 18.2 Å². The number of allylic oxidation sites excluding steroid dienone is 4. The van der Waals surface area contributed by atoms with Crippen LogP contribution in [-0.4, -0.2) is 8.42 Å². The molecular weight excluding hydrogens is 353 g/mol. The Labute approximate surface area is 152 Å². The average Bonchev–Trinajstić information content (AvgIpc) is 2.61. The number of hydrogen-bond donors (Lipinski definition) is 1.